The lowest BCUT2D eigenvalue weighted by molar-refractivity contribution is -0.139. The molecular formula is C37H38ClN3O5S. The van der Waals surface area contributed by atoms with Gasteiger partial charge in [-0.1, -0.05) is 59.3 Å². The number of ether oxygens (including phenoxy) is 3. The Hall–Kier alpha value is -4.60. The van der Waals surface area contributed by atoms with E-state index in [1.54, 1.807) is 24.5 Å². The largest absolute Gasteiger partial charge is 0.490 e. The number of aromatic nitrogens is 1. The van der Waals surface area contributed by atoms with Gasteiger partial charge in [-0.15, -0.1) is 6.58 Å². The van der Waals surface area contributed by atoms with Crippen LogP contribution in [-0.2, 0) is 22.6 Å². The smallest absolute Gasteiger partial charge is 0.338 e. The number of esters is 1. The number of rotatable bonds is 12. The summed E-state index contributed by atoms with van der Waals surface area (Å²) < 4.78 is 19.8. The number of carbonyl (C=O) groups excluding carboxylic acids is 1. The van der Waals surface area contributed by atoms with Gasteiger partial charge in [-0.2, -0.15) is 0 Å². The molecule has 2 heterocycles. The minimum absolute atomic E-state index is 0.208. The van der Waals surface area contributed by atoms with Crippen molar-refractivity contribution in [2.75, 3.05) is 32.2 Å². The number of halogens is 1. The summed E-state index contributed by atoms with van der Waals surface area (Å²) in [4.78, 5) is 34.7. The predicted molar refractivity (Wildman–Crippen MR) is 188 cm³/mol. The van der Waals surface area contributed by atoms with Gasteiger partial charge >= 0.3 is 5.97 Å². The average molecular weight is 672 g/mol. The molecule has 4 aromatic rings. The van der Waals surface area contributed by atoms with E-state index in [1.165, 1.54) is 11.3 Å². The number of thiazole rings is 1. The Labute approximate surface area is 283 Å². The standard InChI is InChI=1S/C37H38ClN3O5S/c1-7-12-26-19-24(20-30(44-8-2)34(26)46-22-27-13-10-11-14-29(27)38)21-31-35(42)41-33(25-15-17-28(18-16-25)40(5)6)32(36(43)45-9-3)23(4)39-37(41)47-31/h7,10-11,13-21,33H,1,8-9,12,22H2,2-6H3/b31-21+/t33-/m0/s1. The van der Waals surface area contributed by atoms with Gasteiger partial charge < -0.3 is 19.1 Å². The molecule has 0 saturated heterocycles. The molecule has 1 aliphatic heterocycles. The van der Waals surface area contributed by atoms with Crippen molar-refractivity contribution in [1.29, 1.82) is 0 Å². The third-order valence-electron chi connectivity index (χ3n) is 7.69. The topological polar surface area (TPSA) is 82.4 Å². The summed E-state index contributed by atoms with van der Waals surface area (Å²) in [5.41, 5.74) is 4.86. The van der Waals surface area contributed by atoms with Gasteiger partial charge in [0, 0.05) is 35.9 Å². The van der Waals surface area contributed by atoms with E-state index in [4.69, 9.17) is 30.8 Å². The molecule has 0 aliphatic carbocycles. The van der Waals surface area contributed by atoms with Gasteiger partial charge in [-0.05, 0) is 74.7 Å². The molecule has 5 rings (SSSR count). The summed E-state index contributed by atoms with van der Waals surface area (Å²) in [7, 11) is 3.92. The second kappa shape index (κ2) is 14.9. The zero-order valence-corrected chi connectivity index (χ0v) is 28.8. The summed E-state index contributed by atoms with van der Waals surface area (Å²) >= 11 is 7.66. The van der Waals surface area contributed by atoms with Crippen LogP contribution in [0, 0.1) is 0 Å². The van der Waals surface area contributed by atoms with Crippen LogP contribution in [0.1, 0.15) is 49.1 Å². The van der Waals surface area contributed by atoms with Crippen LogP contribution in [0.3, 0.4) is 0 Å². The fourth-order valence-corrected chi connectivity index (χ4v) is 6.72. The van der Waals surface area contributed by atoms with E-state index < -0.39 is 12.0 Å². The lowest BCUT2D eigenvalue weighted by Crippen LogP contribution is -2.39. The van der Waals surface area contributed by atoms with E-state index >= 15 is 0 Å². The predicted octanol–water partition coefficient (Wildman–Crippen LogP) is 6.22. The van der Waals surface area contributed by atoms with E-state index in [-0.39, 0.29) is 18.8 Å². The molecule has 0 saturated carbocycles. The summed E-state index contributed by atoms with van der Waals surface area (Å²) in [6.07, 6.45) is 4.14. The maximum absolute atomic E-state index is 14.2. The molecule has 1 aromatic heterocycles. The normalized spacial score (nSPS) is 14.3. The first-order valence-electron chi connectivity index (χ1n) is 15.4. The molecule has 0 bridgehead atoms. The zero-order chi connectivity index (χ0) is 33.7. The van der Waals surface area contributed by atoms with E-state index in [0.717, 1.165) is 27.9 Å². The molecule has 47 heavy (non-hydrogen) atoms. The quantitative estimate of drug-likeness (QED) is 0.131. The minimum Gasteiger partial charge on any atom is -0.490 e. The second-order valence-corrected chi connectivity index (χ2v) is 12.5. The Bertz CT molecular complexity index is 2010. The third kappa shape index (κ3) is 7.21. The van der Waals surface area contributed by atoms with Crippen molar-refractivity contribution in [1.82, 2.24) is 4.57 Å². The maximum Gasteiger partial charge on any atom is 0.338 e. The molecule has 3 aromatic carbocycles. The molecule has 0 fully saturated rings. The van der Waals surface area contributed by atoms with Gasteiger partial charge in [0.25, 0.3) is 5.56 Å². The first-order chi connectivity index (χ1) is 22.7. The van der Waals surface area contributed by atoms with E-state index in [2.05, 4.69) is 6.58 Å². The van der Waals surface area contributed by atoms with Crippen LogP contribution in [0.15, 0.2) is 94.4 Å². The van der Waals surface area contributed by atoms with Gasteiger partial charge in [0.1, 0.15) is 6.61 Å². The van der Waals surface area contributed by atoms with Gasteiger partial charge in [-0.25, -0.2) is 9.79 Å². The number of allylic oxidation sites excluding steroid dienone is 2. The molecule has 1 atom stereocenters. The highest BCUT2D eigenvalue weighted by Crippen LogP contribution is 2.36. The zero-order valence-electron chi connectivity index (χ0n) is 27.2. The van der Waals surface area contributed by atoms with Gasteiger partial charge in [0.05, 0.1) is 35.1 Å². The fourth-order valence-electron chi connectivity index (χ4n) is 5.48. The van der Waals surface area contributed by atoms with Gasteiger partial charge in [-0.3, -0.25) is 9.36 Å². The Morgan fingerprint density at radius 1 is 1.06 bits per heavy atom. The van der Waals surface area contributed by atoms with Crippen LogP contribution in [0.4, 0.5) is 5.69 Å². The van der Waals surface area contributed by atoms with Crippen LogP contribution < -0.4 is 29.3 Å². The molecule has 10 heteroatoms. The van der Waals surface area contributed by atoms with Crippen LogP contribution in [0.25, 0.3) is 6.08 Å². The number of benzene rings is 3. The van der Waals surface area contributed by atoms with E-state index in [9.17, 15) is 9.59 Å². The monoisotopic (exact) mass is 671 g/mol. The van der Waals surface area contributed by atoms with E-state index in [1.807, 2.05) is 92.7 Å². The highest BCUT2D eigenvalue weighted by Gasteiger charge is 2.33. The number of hydrogen-bond acceptors (Lipinski definition) is 8. The SMILES string of the molecule is C=CCc1cc(/C=c2/sc3n(c2=O)[C@@H](c2ccc(N(C)C)cc2)C(C(=O)OCC)=C(C)N=3)cc(OCC)c1OCc1ccccc1Cl. The molecule has 8 nitrogen and oxygen atoms in total. The van der Waals surface area contributed by atoms with Crippen molar-refractivity contribution in [3.8, 4) is 11.5 Å². The number of carbonyl (C=O) groups is 1. The highest BCUT2D eigenvalue weighted by molar-refractivity contribution is 7.07. The minimum atomic E-state index is -0.695. The van der Waals surface area contributed by atoms with Crippen molar-refractivity contribution in [2.45, 2.75) is 39.8 Å². The summed E-state index contributed by atoms with van der Waals surface area (Å²) in [5.74, 6) is 0.658. The van der Waals surface area contributed by atoms with Crippen molar-refractivity contribution >= 4 is 40.7 Å². The molecule has 0 spiro atoms. The van der Waals surface area contributed by atoms with Gasteiger partial charge in [0.2, 0.25) is 0 Å². The van der Waals surface area contributed by atoms with Crippen molar-refractivity contribution < 1.29 is 19.0 Å². The Morgan fingerprint density at radius 3 is 2.47 bits per heavy atom. The highest BCUT2D eigenvalue weighted by atomic mass is 35.5. The second-order valence-electron chi connectivity index (χ2n) is 11.1. The fraction of sp³-hybridized carbons (Fsp3) is 0.270. The summed E-state index contributed by atoms with van der Waals surface area (Å²) in [6.45, 7) is 10.3. The molecule has 0 unspecified atom stereocenters. The van der Waals surface area contributed by atoms with Crippen molar-refractivity contribution in [2.24, 2.45) is 4.99 Å². The number of nitrogens with zero attached hydrogens (tertiary/aromatic N) is 3. The Morgan fingerprint density at radius 2 is 1.81 bits per heavy atom. The van der Waals surface area contributed by atoms with Crippen molar-refractivity contribution in [3.63, 3.8) is 0 Å². The molecule has 0 radical (unpaired) electrons. The number of anilines is 1. The van der Waals surface area contributed by atoms with E-state index in [0.29, 0.717) is 50.2 Å². The van der Waals surface area contributed by atoms with Gasteiger partial charge in [0.15, 0.2) is 16.3 Å². The Kier molecular flexibility index (Phi) is 10.7. The maximum atomic E-state index is 14.2. The molecule has 244 valence electrons. The number of hydrogen-bond donors (Lipinski definition) is 0. The number of fused-ring (bicyclic) bond motifs is 1. The first-order valence-corrected chi connectivity index (χ1v) is 16.6. The van der Waals surface area contributed by atoms with Crippen molar-refractivity contribution in [3.05, 3.63) is 132 Å². The molecule has 1 aliphatic rings. The lowest BCUT2D eigenvalue weighted by atomic mass is 9.95. The third-order valence-corrected chi connectivity index (χ3v) is 9.04. The lowest BCUT2D eigenvalue weighted by Gasteiger charge is -2.25. The van der Waals surface area contributed by atoms with Crippen LogP contribution in [0.2, 0.25) is 5.02 Å². The summed E-state index contributed by atoms with van der Waals surface area (Å²) in [5, 5.41) is 0.621. The molecular weight excluding hydrogens is 634 g/mol. The van der Waals surface area contributed by atoms with Crippen LogP contribution >= 0.6 is 22.9 Å². The molecule has 0 amide bonds. The Balaban J connectivity index is 1.63. The van der Waals surface area contributed by atoms with Crippen LogP contribution in [-0.4, -0.2) is 37.8 Å². The average Bonchev–Trinajstić information content (AvgIpc) is 3.34. The molecule has 0 N–H and O–H groups in total. The first kappa shape index (κ1) is 33.8. The summed E-state index contributed by atoms with van der Waals surface area (Å²) in [6, 6.07) is 18.5. The van der Waals surface area contributed by atoms with Crippen LogP contribution in [0.5, 0.6) is 11.5 Å².